The molecule has 0 unspecified atom stereocenters. The van der Waals surface area contributed by atoms with E-state index in [1.807, 2.05) is 0 Å². The van der Waals surface area contributed by atoms with Gasteiger partial charge in [0.1, 0.15) is 5.82 Å². The van der Waals surface area contributed by atoms with E-state index in [2.05, 4.69) is 15.9 Å². The molecule has 9 heteroatoms. The average molecular weight is 352 g/mol. The molecule has 0 aromatic heterocycles. The van der Waals surface area contributed by atoms with Crippen molar-refractivity contribution in [3.8, 4) is 0 Å². The summed E-state index contributed by atoms with van der Waals surface area (Å²) in [5, 5.41) is 1.11. The summed E-state index contributed by atoms with van der Waals surface area (Å²) in [6.45, 7) is 0. The van der Waals surface area contributed by atoms with Crippen LogP contribution in [0.25, 0.3) is 0 Å². The maximum atomic E-state index is 12.8. The molecule has 0 aliphatic carbocycles. The molecule has 18 heavy (non-hydrogen) atoms. The zero-order valence-corrected chi connectivity index (χ0v) is 10.6. The van der Waals surface area contributed by atoms with Crippen molar-refractivity contribution in [2.45, 2.75) is 12.3 Å². The van der Waals surface area contributed by atoms with Crippen molar-refractivity contribution in [3.05, 3.63) is 27.4 Å². The Morgan fingerprint density at radius 1 is 1.39 bits per heavy atom. The zero-order chi connectivity index (χ0) is 14.1. The molecule has 0 atom stereocenters. The molecule has 0 saturated carbocycles. The lowest BCUT2D eigenvalue weighted by Crippen LogP contribution is -2.41. The highest BCUT2D eigenvalue weighted by Gasteiger charge is 2.49. The molecule has 0 heterocycles. The van der Waals surface area contributed by atoms with Crippen LogP contribution in [0.4, 0.5) is 27.6 Å². The Labute approximate surface area is 111 Å². The van der Waals surface area contributed by atoms with Gasteiger partial charge in [-0.25, -0.2) is 13.2 Å². The number of hydrogen-bond donors (Lipinski definition) is 1. The van der Waals surface area contributed by atoms with Crippen LogP contribution in [0.15, 0.2) is 16.6 Å². The molecule has 1 aromatic carbocycles. The fourth-order valence-corrected chi connectivity index (χ4v) is 1.86. The van der Waals surface area contributed by atoms with Crippen LogP contribution in [0.3, 0.4) is 0 Å². The van der Waals surface area contributed by atoms with Crippen molar-refractivity contribution in [3.63, 3.8) is 0 Å². The number of alkyl halides is 4. The molecule has 0 aliphatic rings. The van der Waals surface area contributed by atoms with E-state index < -0.39 is 34.8 Å². The Balaban J connectivity index is 3.03. The molecule has 0 spiro atoms. The summed E-state index contributed by atoms with van der Waals surface area (Å²) in [7, 11) is 0. The number of anilines is 1. The first-order chi connectivity index (χ1) is 8.16. The molecule has 0 bridgehead atoms. The summed E-state index contributed by atoms with van der Waals surface area (Å²) in [6, 6.07) is 1.57. The molecule has 0 fully saturated rings. The lowest BCUT2D eigenvalue weighted by Gasteiger charge is -2.16. The highest BCUT2D eigenvalue weighted by atomic mass is 79.9. The summed E-state index contributed by atoms with van der Waals surface area (Å²) in [5.41, 5.74) is -0.414. The Hall–Kier alpha value is -0.890. The minimum absolute atomic E-state index is 0.147. The second kappa shape index (κ2) is 5.40. The SMILES string of the molecule is O=C(Nc1c(Cl)cc(F)cc1Br)C(F)(F)C(F)F. The van der Waals surface area contributed by atoms with Gasteiger partial charge in [0.2, 0.25) is 0 Å². The first-order valence-electron chi connectivity index (χ1n) is 4.28. The topological polar surface area (TPSA) is 29.1 Å². The van der Waals surface area contributed by atoms with Crippen molar-refractivity contribution >= 4 is 39.1 Å². The normalized spacial score (nSPS) is 11.8. The number of carbonyl (C=O) groups is 1. The number of carbonyl (C=O) groups excluding carboxylic acids is 1. The van der Waals surface area contributed by atoms with Gasteiger partial charge in [-0.2, -0.15) is 8.78 Å². The molecule has 1 amide bonds. The van der Waals surface area contributed by atoms with Crippen LogP contribution >= 0.6 is 27.5 Å². The third-order valence-corrected chi connectivity index (χ3v) is 2.75. The van der Waals surface area contributed by atoms with Gasteiger partial charge in [-0.05, 0) is 28.1 Å². The van der Waals surface area contributed by atoms with Gasteiger partial charge < -0.3 is 5.32 Å². The van der Waals surface area contributed by atoms with Crippen LogP contribution < -0.4 is 5.32 Å². The predicted octanol–water partition coefficient (Wildman–Crippen LogP) is 4.08. The van der Waals surface area contributed by atoms with E-state index in [-0.39, 0.29) is 4.47 Å². The van der Waals surface area contributed by atoms with E-state index in [1.165, 1.54) is 5.32 Å². The Kier molecular flexibility index (Phi) is 4.55. The molecule has 0 aliphatic heterocycles. The number of rotatable bonds is 3. The monoisotopic (exact) mass is 351 g/mol. The fourth-order valence-electron chi connectivity index (χ4n) is 0.958. The van der Waals surface area contributed by atoms with Crippen LogP contribution in [0.5, 0.6) is 0 Å². The first kappa shape index (κ1) is 15.2. The van der Waals surface area contributed by atoms with Crippen LogP contribution in [0, 0.1) is 5.82 Å². The lowest BCUT2D eigenvalue weighted by molar-refractivity contribution is -0.163. The zero-order valence-electron chi connectivity index (χ0n) is 8.29. The van der Waals surface area contributed by atoms with Crippen LogP contribution in [0.2, 0.25) is 5.02 Å². The third kappa shape index (κ3) is 3.11. The highest BCUT2D eigenvalue weighted by Crippen LogP contribution is 2.33. The van der Waals surface area contributed by atoms with Gasteiger partial charge in [-0.3, -0.25) is 4.79 Å². The average Bonchev–Trinajstić information content (AvgIpc) is 2.22. The molecule has 0 saturated heterocycles. The third-order valence-electron chi connectivity index (χ3n) is 1.82. The van der Waals surface area contributed by atoms with Crippen molar-refractivity contribution in [2.24, 2.45) is 0 Å². The molecular weight excluding hydrogens is 348 g/mol. The Morgan fingerprint density at radius 2 is 1.94 bits per heavy atom. The molecular formula is C9H4BrClF5NO. The lowest BCUT2D eigenvalue weighted by atomic mass is 10.2. The van der Waals surface area contributed by atoms with E-state index in [0.717, 1.165) is 12.1 Å². The van der Waals surface area contributed by atoms with Gasteiger partial charge in [0.05, 0.1) is 10.7 Å². The van der Waals surface area contributed by atoms with Crippen molar-refractivity contribution < 1.29 is 26.7 Å². The second-order valence-corrected chi connectivity index (χ2v) is 4.38. The molecule has 1 rings (SSSR count). The molecule has 2 nitrogen and oxygen atoms in total. The predicted molar refractivity (Wildman–Crippen MR) is 58.7 cm³/mol. The van der Waals surface area contributed by atoms with Gasteiger partial charge in [0, 0.05) is 4.47 Å². The van der Waals surface area contributed by atoms with Gasteiger partial charge in [-0.1, -0.05) is 11.6 Å². The van der Waals surface area contributed by atoms with Crippen molar-refractivity contribution in [1.29, 1.82) is 0 Å². The number of halogens is 7. The minimum atomic E-state index is -4.86. The smallest absolute Gasteiger partial charge is 0.318 e. The number of hydrogen-bond acceptors (Lipinski definition) is 1. The van der Waals surface area contributed by atoms with E-state index in [1.54, 1.807) is 0 Å². The Morgan fingerprint density at radius 3 is 2.39 bits per heavy atom. The van der Waals surface area contributed by atoms with Gasteiger partial charge >= 0.3 is 18.3 Å². The maximum absolute atomic E-state index is 12.8. The summed E-state index contributed by atoms with van der Waals surface area (Å²) in [4.78, 5) is 11.0. The fraction of sp³-hybridized carbons (Fsp3) is 0.222. The Bertz CT molecular complexity index is 459. The molecule has 100 valence electrons. The molecule has 0 radical (unpaired) electrons. The highest BCUT2D eigenvalue weighted by molar-refractivity contribution is 9.10. The molecule has 1 aromatic rings. The summed E-state index contributed by atoms with van der Waals surface area (Å²) >= 11 is 8.25. The number of nitrogens with one attached hydrogen (secondary N) is 1. The summed E-state index contributed by atoms with van der Waals surface area (Å²) in [5.74, 6) is -7.88. The second-order valence-electron chi connectivity index (χ2n) is 3.12. The van der Waals surface area contributed by atoms with Gasteiger partial charge in [0.15, 0.2) is 0 Å². The largest absolute Gasteiger partial charge is 0.383 e. The quantitative estimate of drug-likeness (QED) is 0.816. The van der Waals surface area contributed by atoms with E-state index in [4.69, 9.17) is 11.6 Å². The van der Waals surface area contributed by atoms with Crippen LogP contribution in [-0.4, -0.2) is 18.3 Å². The van der Waals surface area contributed by atoms with Crippen LogP contribution in [0.1, 0.15) is 0 Å². The minimum Gasteiger partial charge on any atom is -0.318 e. The van der Waals surface area contributed by atoms with Gasteiger partial charge in [0.25, 0.3) is 0 Å². The first-order valence-corrected chi connectivity index (χ1v) is 5.45. The van der Waals surface area contributed by atoms with Crippen LogP contribution in [-0.2, 0) is 4.79 Å². The maximum Gasteiger partial charge on any atom is 0.383 e. The van der Waals surface area contributed by atoms with E-state index >= 15 is 0 Å². The van der Waals surface area contributed by atoms with Gasteiger partial charge in [-0.15, -0.1) is 0 Å². The standard InChI is InChI=1S/C9H4BrClF5NO/c10-4-1-3(12)2-5(11)6(4)17-8(18)9(15,16)7(13)14/h1-2,7H,(H,17,18). The number of benzene rings is 1. The summed E-state index contributed by atoms with van der Waals surface area (Å²) in [6.07, 6.45) is -4.16. The van der Waals surface area contributed by atoms with E-state index in [9.17, 15) is 26.7 Å². The molecule has 1 N–H and O–H groups in total. The van der Waals surface area contributed by atoms with E-state index in [0.29, 0.717) is 0 Å². The van der Waals surface area contributed by atoms with Crippen molar-refractivity contribution in [2.75, 3.05) is 5.32 Å². The van der Waals surface area contributed by atoms with Crippen molar-refractivity contribution in [1.82, 2.24) is 0 Å². The number of amides is 1. The summed E-state index contributed by atoms with van der Waals surface area (Å²) < 4.78 is 61.8.